The van der Waals surface area contributed by atoms with Gasteiger partial charge in [-0.3, -0.25) is 4.79 Å². The molecule has 2 aromatic rings. The summed E-state index contributed by atoms with van der Waals surface area (Å²) in [6.07, 6.45) is 0. The summed E-state index contributed by atoms with van der Waals surface area (Å²) in [4.78, 5) is 35.0. The minimum Gasteiger partial charge on any atom is -0.496 e. The second kappa shape index (κ2) is 5.14. The van der Waals surface area contributed by atoms with Gasteiger partial charge in [-0.15, -0.1) is 0 Å². The van der Waals surface area contributed by atoms with E-state index in [0.717, 1.165) is 0 Å². The number of benzene rings is 2. The summed E-state index contributed by atoms with van der Waals surface area (Å²) in [7, 11) is 1.48. The van der Waals surface area contributed by atoms with Crippen LogP contribution >= 0.6 is 0 Å². The number of methoxy groups -OCH3 is 1. The number of hydrogen-bond acceptors (Lipinski definition) is 5. The van der Waals surface area contributed by atoms with Crippen LogP contribution < -0.4 is 10.1 Å². The van der Waals surface area contributed by atoms with Gasteiger partial charge >= 0.3 is 11.9 Å². The molecule has 0 spiro atoms. The van der Waals surface area contributed by atoms with Crippen LogP contribution in [0.4, 0.5) is 0 Å². The van der Waals surface area contributed by atoms with Crippen molar-refractivity contribution in [3.8, 4) is 5.75 Å². The number of carbonyl (C=O) groups excluding carboxylic acids is 3. The quantitative estimate of drug-likeness (QED) is 0.690. The molecule has 1 aliphatic heterocycles. The Labute approximate surface area is 126 Å². The van der Waals surface area contributed by atoms with E-state index in [0.29, 0.717) is 27.6 Å². The molecule has 0 saturated heterocycles. The zero-order valence-corrected chi connectivity index (χ0v) is 12.1. The summed E-state index contributed by atoms with van der Waals surface area (Å²) in [5.41, 5.74) is 1.33. The Morgan fingerprint density at radius 2 is 1.95 bits per heavy atom. The van der Waals surface area contributed by atoms with Gasteiger partial charge in [0.15, 0.2) is 0 Å². The number of ether oxygens (including phenoxy) is 2. The molecule has 0 fully saturated rings. The van der Waals surface area contributed by atoms with Crippen molar-refractivity contribution >= 4 is 28.6 Å². The Balaban J connectivity index is 2.32. The molecular weight excluding hydrogens is 286 g/mol. The van der Waals surface area contributed by atoms with Crippen LogP contribution in [0.15, 0.2) is 24.3 Å². The number of carbonyl (C=O) groups is 3. The molecule has 1 N–H and O–H groups in total. The van der Waals surface area contributed by atoms with Crippen LogP contribution in [0.5, 0.6) is 5.75 Å². The normalized spacial score (nSPS) is 13.0. The van der Waals surface area contributed by atoms with Crippen LogP contribution in [0.25, 0.3) is 10.8 Å². The van der Waals surface area contributed by atoms with Gasteiger partial charge in [0.05, 0.1) is 18.2 Å². The van der Waals surface area contributed by atoms with Gasteiger partial charge in [0.25, 0.3) is 0 Å². The second-order valence-electron chi connectivity index (χ2n) is 4.92. The highest BCUT2D eigenvalue weighted by Crippen LogP contribution is 2.36. The van der Waals surface area contributed by atoms with E-state index in [-0.39, 0.29) is 18.0 Å². The highest BCUT2D eigenvalue weighted by molar-refractivity contribution is 6.21. The van der Waals surface area contributed by atoms with Crippen LogP contribution in [0.3, 0.4) is 0 Å². The summed E-state index contributed by atoms with van der Waals surface area (Å²) >= 11 is 0. The molecule has 0 aliphatic carbocycles. The van der Waals surface area contributed by atoms with E-state index in [9.17, 15) is 14.4 Å². The molecule has 0 saturated carbocycles. The van der Waals surface area contributed by atoms with Gasteiger partial charge in [-0.05, 0) is 17.5 Å². The lowest BCUT2D eigenvalue weighted by atomic mass is 9.93. The Bertz CT molecular complexity index is 825. The fraction of sp³-hybridized carbons (Fsp3) is 0.188. The molecule has 0 unspecified atom stereocenters. The number of nitrogens with one attached hydrogen (secondary N) is 1. The maximum atomic E-state index is 12.0. The van der Waals surface area contributed by atoms with Crippen LogP contribution in [0, 0.1) is 0 Å². The van der Waals surface area contributed by atoms with E-state index in [1.807, 2.05) is 0 Å². The molecule has 6 heteroatoms. The number of rotatable bonds is 3. The SMILES string of the molecule is COc1cc2c3c(cccc3c1CNC(C)=O)C(=O)OC2=O. The van der Waals surface area contributed by atoms with Crippen molar-refractivity contribution in [3.05, 3.63) is 41.0 Å². The van der Waals surface area contributed by atoms with Crippen LogP contribution in [-0.4, -0.2) is 25.0 Å². The number of hydrogen-bond donors (Lipinski definition) is 1. The number of cyclic esters (lactones) is 2. The lowest BCUT2D eigenvalue weighted by Crippen LogP contribution is -2.22. The molecule has 0 bridgehead atoms. The monoisotopic (exact) mass is 299 g/mol. The van der Waals surface area contributed by atoms with Gasteiger partial charge in [-0.1, -0.05) is 12.1 Å². The zero-order chi connectivity index (χ0) is 15.9. The first-order valence-electron chi connectivity index (χ1n) is 6.66. The average molecular weight is 299 g/mol. The molecule has 1 heterocycles. The third-order valence-electron chi connectivity index (χ3n) is 3.59. The summed E-state index contributed by atoms with van der Waals surface area (Å²) in [6.45, 7) is 1.65. The molecular formula is C16H13NO5. The van der Waals surface area contributed by atoms with Crippen LogP contribution in [-0.2, 0) is 16.1 Å². The summed E-state index contributed by atoms with van der Waals surface area (Å²) < 4.78 is 10.1. The molecule has 0 radical (unpaired) electrons. The minimum absolute atomic E-state index is 0.182. The van der Waals surface area contributed by atoms with E-state index in [2.05, 4.69) is 5.32 Å². The maximum absolute atomic E-state index is 12.0. The zero-order valence-electron chi connectivity index (χ0n) is 12.1. The molecule has 1 amide bonds. The lowest BCUT2D eigenvalue weighted by Gasteiger charge is -2.20. The summed E-state index contributed by atoms with van der Waals surface area (Å²) in [5, 5.41) is 3.92. The van der Waals surface area contributed by atoms with Gasteiger partial charge in [0, 0.05) is 24.4 Å². The fourth-order valence-corrected chi connectivity index (χ4v) is 2.62. The molecule has 112 valence electrons. The van der Waals surface area contributed by atoms with Crippen molar-refractivity contribution in [2.45, 2.75) is 13.5 Å². The highest BCUT2D eigenvalue weighted by atomic mass is 16.6. The fourth-order valence-electron chi connectivity index (χ4n) is 2.62. The maximum Gasteiger partial charge on any atom is 0.346 e. The average Bonchev–Trinajstić information content (AvgIpc) is 2.49. The highest BCUT2D eigenvalue weighted by Gasteiger charge is 2.29. The van der Waals surface area contributed by atoms with Crippen molar-refractivity contribution in [1.29, 1.82) is 0 Å². The van der Waals surface area contributed by atoms with E-state index < -0.39 is 11.9 Å². The van der Waals surface area contributed by atoms with E-state index in [1.54, 1.807) is 18.2 Å². The van der Waals surface area contributed by atoms with E-state index in [1.165, 1.54) is 20.1 Å². The standard InChI is InChI=1S/C16H13NO5/c1-8(18)17-7-12-9-4-3-5-10-14(9)11(6-13(12)21-2)16(20)22-15(10)19/h3-6H,7H2,1-2H3,(H,17,18). The second-order valence-corrected chi connectivity index (χ2v) is 4.92. The Morgan fingerprint density at radius 1 is 1.23 bits per heavy atom. The predicted molar refractivity (Wildman–Crippen MR) is 77.8 cm³/mol. The smallest absolute Gasteiger partial charge is 0.346 e. The topological polar surface area (TPSA) is 81.7 Å². The first-order valence-corrected chi connectivity index (χ1v) is 6.66. The molecule has 0 aromatic heterocycles. The van der Waals surface area contributed by atoms with E-state index in [4.69, 9.17) is 9.47 Å². The van der Waals surface area contributed by atoms with E-state index >= 15 is 0 Å². The first-order chi connectivity index (χ1) is 10.5. The minimum atomic E-state index is -0.696. The van der Waals surface area contributed by atoms with Gasteiger partial charge in [0.2, 0.25) is 5.91 Å². The summed E-state index contributed by atoms with van der Waals surface area (Å²) in [6, 6.07) is 6.64. The lowest BCUT2D eigenvalue weighted by molar-refractivity contribution is -0.119. The van der Waals surface area contributed by atoms with Gasteiger partial charge < -0.3 is 14.8 Å². The van der Waals surface area contributed by atoms with Gasteiger partial charge in [0.1, 0.15) is 5.75 Å². The van der Waals surface area contributed by atoms with Crippen LogP contribution in [0.1, 0.15) is 33.2 Å². The third-order valence-corrected chi connectivity index (χ3v) is 3.59. The molecule has 22 heavy (non-hydrogen) atoms. The van der Waals surface area contributed by atoms with Crippen LogP contribution in [0.2, 0.25) is 0 Å². The van der Waals surface area contributed by atoms with Gasteiger partial charge in [-0.25, -0.2) is 9.59 Å². The van der Waals surface area contributed by atoms with Crippen molar-refractivity contribution in [2.75, 3.05) is 7.11 Å². The Morgan fingerprint density at radius 3 is 2.64 bits per heavy atom. The molecule has 6 nitrogen and oxygen atoms in total. The molecule has 2 aromatic carbocycles. The Kier molecular flexibility index (Phi) is 3.29. The van der Waals surface area contributed by atoms with Crippen molar-refractivity contribution in [1.82, 2.24) is 5.32 Å². The van der Waals surface area contributed by atoms with Crippen molar-refractivity contribution in [2.24, 2.45) is 0 Å². The molecule has 0 atom stereocenters. The Hall–Kier alpha value is -2.89. The molecule has 1 aliphatic rings. The van der Waals surface area contributed by atoms with Gasteiger partial charge in [-0.2, -0.15) is 0 Å². The number of amides is 1. The third kappa shape index (κ3) is 2.09. The molecule has 3 rings (SSSR count). The summed E-state index contributed by atoms with van der Waals surface area (Å²) in [5.74, 6) is -1.09. The largest absolute Gasteiger partial charge is 0.496 e. The van der Waals surface area contributed by atoms with Crippen molar-refractivity contribution < 1.29 is 23.9 Å². The van der Waals surface area contributed by atoms with Crippen molar-refractivity contribution in [3.63, 3.8) is 0 Å². The number of esters is 2. The first kappa shape index (κ1) is 14.1. The predicted octanol–water partition coefficient (Wildman–Crippen LogP) is 1.80.